The molecule has 126 valence electrons. The largest absolute Gasteiger partial charge is 0.490 e. The molecule has 2 fully saturated rings. The third-order valence-corrected chi connectivity index (χ3v) is 5.01. The van der Waals surface area contributed by atoms with Gasteiger partial charge in [-0.05, 0) is 43.7 Å². The van der Waals surface area contributed by atoms with Gasteiger partial charge in [0.1, 0.15) is 12.4 Å². The van der Waals surface area contributed by atoms with Crippen LogP contribution >= 0.6 is 0 Å². The molecule has 1 amide bonds. The highest BCUT2D eigenvalue weighted by atomic mass is 16.5. The molecule has 1 saturated carbocycles. The standard InChI is InChI=1S/C19H27NO3/c1-14-7-2-4-10-17(14)20-19(21)16-9-3-5-11-18(16)23-13-15-8-6-12-22-15/h3,5,9,11,14-15,17H,2,4,6-8,10,12-13H2,1H3,(H,20,21). The Morgan fingerprint density at radius 1 is 1.22 bits per heavy atom. The summed E-state index contributed by atoms with van der Waals surface area (Å²) in [5, 5.41) is 3.20. The number of benzene rings is 1. The van der Waals surface area contributed by atoms with Crippen molar-refractivity contribution in [2.24, 2.45) is 5.92 Å². The fraction of sp³-hybridized carbons (Fsp3) is 0.632. The maximum atomic E-state index is 12.7. The zero-order valence-electron chi connectivity index (χ0n) is 13.9. The minimum atomic E-state index is -0.0216. The van der Waals surface area contributed by atoms with E-state index < -0.39 is 0 Å². The highest BCUT2D eigenvalue weighted by molar-refractivity contribution is 5.97. The first-order chi connectivity index (χ1) is 11.2. The maximum Gasteiger partial charge on any atom is 0.255 e. The SMILES string of the molecule is CC1CCCCC1NC(=O)c1ccccc1OCC1CCCO1. The molecule has 2 aliphatic rings. The molecule has 0 spiro atoms. The highest BCUT2D eigenvalue weighted by Gasteiger charge is 2.24. The zero-order chi connectivity index (χ0) is 16.1. The van der Waals surface area contributed by atoms with Gasteiger partial charge in [-0.2, -0.15) is 0 Å². The van der Waals surface area contributed by atoms with Crippen LogP contribution in [0.15, 0.2) is 24.3 Å². The first kappa shape index (κ1) is 16.3. The molecule has 0 bridgehead atoms. The van der Waals surface area contributed by atoms with E-state index in [1.54, 1.807) is 0 Å². The molecule has 1 aliphatic heterocycles. The number of amides is 1. The van der Waals surface area contributed by atoms with Gasteiger partial charge in [0.25, 0.3) is 5.91 Å². The van der Waals surface area contributed by atoms with Crippen molar-refractivity contribution in [1.82, 2.24) is 5.32 Å². The smallest absolute Gasteiger partial charge is 0.255 e. The molecule has 4 heteroatoms. The van der Waals surface area contributed by atoms with Crippen molar-refractivity contribution in [2.45, 2.75) is 57.6 Å². The van der Waals surface area contributed by atoms with Gasteiger partial charge in [0.2, 0.25) is 0 Å². The molecule has 3 atom stereocenters. The van der Waals surface area contributed by atoms with E-state index in [1.165, 1.54) is 19.3 Å². The summed E-state index contributed by atoms with van der Waals surface area (Å²) in [6.45, 7) is 3.56. The molecule has 0 radical (unpaired) electrons. The lowest BCUT2D eigenvalue weighted by molar-refractivity contribution is 0.0669. The van der Waals surface area contributed by atoms with Crippen LogP contribution in [0, 0.1) is 5.92 Å². The van der Waals surface area contributed by atoms with Crippen LogP contribution in [0.4, 0.5) is 0 Å². The number of hydrogen-bond acceptors (Lipinski definition) is 3. The Kier molecular flexibility index (Phi) is 5.55. The molecular weight excluding hydrogens is 290 g/mol. The number of carbonyl (C=O) groups excluding carboxylic acids is 1. The average molecular weight is 317 g/mol. The zero-order valence-corrected chi connectivity index (χ0v) is 13.9. The monoisotopic (exact) mass is 317 g/mol. The van der Waals surface area contributed by atoms with Crippen molar-refractivity contribution in [3.05, 3.63) is 29.8 Å². The normalized spacial score (nSPS) is 27.6. The second kappa shape index (κ2) is 7.82. The summed E-state index contributed by atoms with van der Waals surface area (Å²) in [5.74, 6) is 1.18. The van der Waals surface area contributed by atoms with E-state index in [1.807, 2.05) is 24.3 Å². The topological polar surface area (TPSA) is 47.6 Å². The Labute approximate surface area is 138 Å². The number of para-hydroxylation sites is 1. The number of rotatable bonds is 5. The molecule has 1 aromatic carbocycles. The van der Waals surface area contributed by atoms with Gasteiger partial charge in [0.05, 0.1) is 11.7 Å². The number of nitrogens with one attached hydrogen (secondary N) is 1. The van der Waals surface area contributed by atoms with Crippen LogP contribution < -0.4 is 10.1 Å². The summed E-state index contributed by atoms with van der Waals surface area (Å²) in [5.41, 5.74) is 0.628. The van der Waals surface area contributed by atoms with E-state index in [0.717, 1.165) is 25.9 Å². The molecule has 3 unspecified atom stereocenters. The molecule has 1 aromatic rings. The van der Waals surface area contributed by atoms with Crippen LogP contribution in [0.2, 0.25) is 0 Å². The van der Waals surface area contributed by atoms with Crippen LogP contribution in [0.25, 0.3) is 0 Å². The molecule has 23 heavy (non-hydrogen) atoms. The average Bonchev–Trinajstić information content (AvgIpc) is 3.09. The van der Waals surface area contributed by atoms with Gasteiger partial charge in [0.15, 0.2) is 0 Å². The Bertz CT molecular complexity index is 525. The van der Waals surface area contributed by atoms with Gasteiger partial charge in [0, 0.05) is 12.6 Å². The fourth-order valence-corrected chi connectivity index (χ4v) is 3.52. The van der Waals surface area contributed by atoms with Crippen molar-refractivity contribution >= 4 is 5.91 Å². The van der Waals surface area contributed by atoms with Gasteiger partial charge >= 0.3 is 0 Å². The van der Waals surface area contributed by atoms with Gasteiger partial charge in [-0.25, -0.2) is 0 Å². The van der Waals surface area contributed by atoms with Crippen LogP contribution in [-0.4, -0.2) is 31.3 Å². The summed E-state index contributed by atoms with van der Waals surface area (Å²) in [7, 11) is 0. The van der Waals surface area contributed by atoms with Crippen LogP contribution in [0.5, 0.6) is 5.75 Å². The predicted octanol–water partition coefficient (Wildman–Crippen LogP) is 3.55. The highest BCUT2D eigenvalue weighted by Crippen LogP contribution is 2.25. The minimum Gasteiger partial charge on any atom is -0.490 e. The lowest BCUT2D eigenvalue weighted by Gasteiger charge is -2.29. The van der Waals surface area contributed by atoms with Crippen molar-refractivity contribution < 1.29 is 14.3 Å². The molecular formula is C19H27NO3. The maximum absolute atomic E-state index is 12.7. The molecule has 4 nitrogen and oxygen atoms in total. The Morgan fingerprint density at radius 3 is 2.83 bits per heavy atom. The lowest BCUT2D eigenvalue weighted by Crippen LogP contribution is -2.41. The van der Waals surface area contributed by atoms with E-state index in [0.29, 0.717) is 23.8 Å². The lowest BCUT2D eigenvalue weighted by atomic mass is 9.86. The molecule has 1 aliphatic carbocycles. The van der Waals surface area contributed by atoms with Crippen LogP contribution in [0.1, 0.15) is 55.8 Å². The van der Waals surface area contributed by atoms with Crippen molar-refractivity contribution in [1.29, 1.82) is 0 Å². The van der Waals surface area contributed by atoms with Crippen LogP contribution in [-0.2, 0) is 4.74 Å². The number of carbonyl (C=O) groups is 1. The van der Waals surface area contributed by atoms with E-state index in [2.05, 4.69) is 12.2 Å². The molecule has 0 aromatic heterocycles. The van der Waals surface area contributed by atoms with E-state index in [4.69, 9.17) is 9.47 Å². The third kappa shape index (κ3) is 4.25. The van der Waals surface area contributed by atoms with E-state index in [-0.39, 0.29) is 18.1 Å². The summed E-state index contributed by atoms with van der Waals surface area (Å²) in [4.78, 5) is 12.7. The minimum absolute atomic E-state index is 0.0216. The molecule has 1 saturated heterocycles. The second-order valence-corrected chi connectivity index (χ2v) is 6.78. The van der Waals surface area contributed by atoms with Crippen LogP contribution in [0.3, 0.4) is 0 Å². The summed E-state index contributed by atoms with van der Waals surface area (Å²) in [6.07, 6.45) is 7.03. The quantitative estimate of drug-likeness (QED) is 0.903. The van der Waals surface area contributed by atoms with Crippen molar-refractivity contribution in [3.8, 4) is 5.75 Å². The summed E-state index contributed by atoms with van der Waals surface area (Å²) < 4.78 is 11.5. The molecule has 3 rings (SSSR count). The number of hydrogen-bond donors (Lipinski definition) is 1. The first-order valence-corrected chi connectivity index (χ1v) is 8.88. The number of ether oxygens (including phenoxy) is 2. The Morgan fingerprint density at radius 2 is 2.04 bits per heavy atom. The van der Waals surface area contributed by atoms with Gasteiger partial charge in [-0.1, -0.05) is 31.9 Å². The van der Waals surface area contributed by atoms with Gasteiger partial charge < -0.3 is 14.8 Å². The van der Waals surface area contributed by atoms with Crippen molar-refractivity contribution in [2.75, 3.05) is 13.2 Å². The Hall–Kier alpha value is -1.55. The Balaban J connectivity index is 1.62. The molecule has 1 heterocycles. The van der Waals surface area contributed by atoms with E-state index >= 15 is 0 Å². The van der Waals surface area contributed by atoms with Gasteiger partial charge in [-0.15, -0.1) is 0 Å². The predicted molar refractivity (Wildman–Crippen MR) is 89.8 cm³/mol. The summed E-state index contributed by atoms with van der Waals surface area (Å²) >= 11 is 0. The van der Waals surface area contributed by atoms with Gasteiger partial charge in [-0.3, -0.25) is 4.79 Å². The molecule has 1 N–H and O–H groups in total. The first-order valence-electron chi connectivity index (χ1n) is 8.88. The third-order valence-electron chi connectivity index (χ3n) is 5.01. The van der Waals surface area contributed by atoms with Crippen molar-refractivity contribution in [3.63, 3.8) is 0 Å². The second-order valence-electron chi connectivity index (χ2n) is 6.78. The summed E-state index contributed by atoms with van der Waals surface area (Å²) in [6, 6.07) is 7.78. The fourth-order valence-electron chi connectivity index (χ4n) is 3.52. The van der Waals surface area contributed by atoms with E-state index in [9.17, 15) is 4.79 Å².